The molecule has 0 saturated carbocycles. The number of fused-ring (bicyclic) bond motifs is 1. The van der Waals surface area contributed by atoms with Crippen LogP contribution in [0.25, 0.3) is 11.2 Å². The van der Waals surface area contributed by atoms with Crippen molar-refractivity contribution < 1.29 is 27.1 Å². The number of alkyl halides is 3. The minimum atomic E-state index is -5.00. The normalized spacial score (nSPS) is 14.9. The van der Waals surface area contributed by atoms with Gasteiger partial charge in [0.25, 0.3) is 0 Å². The van der Waals surface area contributed by atoms with Gasteiger partial charge in [-0.25, -0.2) is 4.39 Å². The van der Waals surface area contributed by atoms with E-state index in [0.29, 0.717) is 11.1 Å². The van der Waals surface area contributed by atoms with E-state index in [9.17, 15) is 27.5 Å². The summed E-state index contributed by atoms with van der Waals surface area (Å²) in [7, 11) is 0. The van der Waals surface area contributed by atoms with Crippen LogP contribution in [0.5, 0.6) is 0 Å². The van der Waals surface area contributed by atoms with Crippen LogP contribution in [0.3, 0.4) is 0 Å². The van der Waals surface area contributed by atoms with E-state index in [1.165, 1.54) is 32.0 Å². The van der Waals surface area contributed by atoms with Gasteiger partial charge in [0, 0.05) is 12.3 Å². The Kier molecular flexibility index (Phi) is 5.06. The van der Waals surface area contributed by atoms with Gasteiger partial charge >= 0.3 is 6.18 Å². The zero-order chi connectivity index (χ0) is 21.6. The lowest BCUT2D eigenvalue weighted by molar-refractivity contribution is -0.271. The fourth-order valence-electron chi connectivity index (χ4n) is 3.72. The zero-order valence-electron chi connectivity index (χ0n) is 16.0. The molecule has 0 spiro atoms. The van der Waals surface area contributed by atoms with Gasteiger partial charge in [-0.15, -0.1) is 0 Å². The third-order valence-electron chi connectivity index (χ3n) is 5.07. The molecule has 1 atom stereocenters. The molecule has 0 fully saturated rings. The molecule has 3 rings (SSSR count). The van der Waals surface area contributed by atoms with Crippen molar-refractivity contribution in [2.24, 2.45) is 0 Å². The number of nitrogens with zero attached hydrogens (tertiary/aromatic N) is 2. The van der Waals surface area contributed by atoms with Crippen molar-refractivity contribution in [1.82, 2.24) is 9.55 Å². The smallest absolute Gasteiger partial charge is 0.418 e. The minimum absolute atomic E-state index is 0.0973. The topological polar surface area (TPSA) is 68.3 Å². The van der Waals surface area contributed by atoms with E-state index in [2.05, 4.69) is 4.98 Å². The van der Waals surface area contributed by atoms with Gasteiger partial charge in [0.15, 0.2) is 17.6 Å². The molecule has 3 aromatic rings. The van der Waals surface area contributed by atoms with Crippen molar-refractivity contribution in [2.45, 2.75) is 50.9 Å². The number of aliphatic hydroxyl groups is 1. The first-order valence-corrected chi connectivity index (χ1v) is 8.82. The summed E-state index contributed by atoms with van der Waals surface area (Å²) in [5.74, 6) is -0.570. The quantitative estimate of drug-likeness (QED) is 0.641. The van der Waals surface area contributed by atoms with Crippen LogP contribution in [0.1, 0.15) is 31.4 Å². The first-order valence-electron chi connectivity index (χ1n) is 8.82. The lowest BCUT2D eigenvalue weighted by Gasteiger charge is -2.39. The highest BCUT2D eigenvalue weighted by Crippen LogP contribution is 2.43. The molecule has 0 aliphatic carbocycles. The molecule has 9 heteroatoms. The molecule has 1 N–H and O–H groups in total. The summed E-state index contributed by atoms with van der Waals surface area (Å²) >= 11 is 0. The van der Waals surface area contributed by atoms with Crippen LogP contribution in [0.15, 0.2) is 46.1 Å². The fourth-order valence-corrected chi connectivity index (χ4v) is 3.72. The largest absolute Gasteiger partial charge is 0.438 e. The summed E-state index contributed by atoms with van der Waals surface area (Å²) in [6, 6.07) is 4.94. The predicted molar refractivity (Wildman–Crippen MR) is 98.1 cm³/mol. The molecule has 0 aliphatic heterocycles. The Bertz CT molecular complexity index is 1100. The Hall–Kier alpha value is -2.68. The lowest BCUT2D eigenvalue weighted by Crippen LogP contribution is -2.52. The van der Waals surface area contributed by atoms with E-state index in [1.54, 1.807) is 6.92 Å². The average molecular weight is 412 g/mol. The van der Waals surface area contributed by atoms with Gasteiger partial charge in [0.2, 0.25) is 11.0 Å². The minimum Gasteiger partial charge on any atom is -0.438 e. The first kappa shape index (κ1) is 21.0. The maximum absolute atomic E-state index is 14.0. The fraction of sp³-hybridized carbons (Fsp3) is 0.400. The van der Waals surface area contributed by atoms with Crippen LogP contribution in [0.4, 0.5) is 17.6 Å². The van der Waals surface area contributed by atoms with Crippen molar-refractivity contribution in [2.75, 3.05) is 0 Å². The summed E-state index contributed by atoms with van der Waals surface area (Å²) in [5.41, 5.74) is -4.22. The molecule has 0 saturated heterocycles. The third-order valence-corrected chi connectivity index (χ3v) is 5.07. The Labute approximate surface area is 163 Å². The zero-order valence-corrected chi connectivity index (χ0v) is 16.0. The van der Waals surface area contributed by atoms with Gasteiger partial charge in [-0.1, -0.05) is 19.9 Å². The molecular formula is C20H20F4N2O3. The molecule has 0 bridgehead atoms. The Balaban J connectivity index is 2.05. The Morgan fingerprint density at radius 3 is 2.55 bits per heavy atom. The van der Waals surface area contributed by atoms with Gasteiger partial charge in [0.1, 0.15) is 5.82 Å². The van der Waals surface area contributed by atoms with Gasteiger partial charge < -0.3 is 14.1 Å². The van der Waals surface area contributed by atoms with Crippen molar-refractivity contribution in [3.05, 3.63) is 64.0 Å². The molecule has 2 heterocycles. The van der Waals surface area contributed by atoms with Crippen LogP contribution in [0, 0.1) is 12.7 Å². The summed E-state index contributed by atoms with van der Waals surface area (Å²) in [6.45, 7) is 3.80. The molecule has 0 amide bonds. The highest BCUT2D eigenvalue weighted by atomic mass is 19.4. The number of hydrogen-bond donors (Lipinski definition) is 1. The Morgan fingerprint density at radius 1 is 1.21 bits per heavy atom. The molecule has 2 aromatic heterocycles. The SMILES string of the molecule is Cc1ccc(F)cc1C(C)(C)CC(O)(Cn1ccc(=O)c2ocnc21)C(F)(F)F. The second-order valence-corrected chi connectivity index (χ2v) is 7.86. The van der Waals surface area contributed by atoms with E-state index in [4.69, 9.17) is 4.42 Å². The van der Waals surface area contributed by atoms with Gasteiger partial charge in [-0.05, 0) is 42.0 Å². The number of hydrogen-bond acceptors (Lipinski definition) is 4. The lowest BCUT2D eigenvalue weighted by atomic mass is 9.73. The van der Waals surface area contributed by atoms with E-state index in [-0.39, 0.29) is 11.2 Å². The molecule has 29 heavy (non-hydrogen) atoms. The number of rotatable bonds is 5. The van der Waals surface area contributed by atoms with Crippen LogP contribution in [0.2, 0.25) is 0 Å². The summed E-state index contributed by atoms with van der Waals surface area (Å²) in [6.07, 6.45) is -3.65. The number of benzene rings is 1. The van der Waals surface area contributed by atoms with Crippen molar-refractivity contribution in [1.29, 1.82) is 0 Å². The van der Waals surface area contributed by atoms with E-state index < -0.39 is 41.4 Å². The molecule has 1 unspecified atom stereocenters. The molecule has 1 aromatic carbocycles. The van der Waals surface area contributed by atoms with Crippen molar-refractivity contribution in [3.8, 4) is 0 Å². The van der Waals surface area contributed by atoms with Gasteiger partial charge in [0.05, 0.1) is 6.54 Å². The van der Waals surface area contributed by atoms with Crippen LogP contribution in [-0.2, 0) is 12.0 Å². The maximum Gasteiger partial charge on any atom is 0.418 e. The monoisotopic (exact) mass is 412 g/mol. The molecular weight excluding hydrogens is 392 g/mol. The van der Waals surface area contributed by atoms with Crippen LogP contribution < -0.4 is 5.43 Å². The summed E-state index contributed by atoms with van der Waals surface area (Å²) in [4.78, 5) is 15.6. The molecule has 5 nitrogen and oxygen atoms in total. The summed E-state index contributed by atoms with van der Waals surface area (Å²) in [5, 5.41) is 10.7. The first-order chi connectivity index (χ1) is 13.3. The molecule has 0 radical (unpaired) electrons. The molecule has 156 valence electrons. The highest BCUT2D eigenvalue weighted by Gasteiger charge is 2.56. The third kappa shape index (κ3) is 3.91. The van der Waals surface area contributed by atoms with Crippen LogP contribution >= 0.6 is 0 Å². The standard InChI is InChI=1S/C20H20F4N2O3/c1-12-4-5-13(21)8-14(12)18(2,3)9-19(28,20(22,23)24)10-26-7-6-15(27)16-17(26)25-11-29-16/h4-8,11,28H,9-10H2,1-3H3. The number of pyridine rings is 1. The van der Waals surface area contributed by atoms with Crippen molar-refractivity contribution in [3.63, 3.8) is 0 Å². The summed E-state index contributed by atoms with van der Waals surface area (Å²) < 4.78 is 61.6. The number of oxazole rings is 1. The number of halogens is 4. The van der Waals surface area contributed by atoms with Gasteiger partial charge in [-0.3, -0.25) is 4.79 Å². The average Bonchev–Trinajstić information content (AvgIpc) is 3.09. The number of aromatic nitrogens is 2. The molecule has 0 aliphatic rings. The number of aryl methyl sites for hydroxylation is 1. The predicted octanol–water partition coefficient (Wildman–Crippen LogP) is 4.10. The van der Waals surface area contributed by atoms with E-state index >= 15 is 0 Å². The Morgan fingerprint density at radius 2 is 1.90 bits per heavy atom. The highest BCUT2D eigenvalue weighted by molar-refractivity contribution is 5.67. The van der Waals surface area contributed by atoms with E-state index in [1.807, 2.05) is 0 Å². The maximum atomic E-state index is 14.0. The second kappa shape index (κ2) is 6.98. The van der Waals surface area contributed by atoms with Crippen LogP contribution in [-0.4, -0.2) is 26.4 Å². The second-order valence-electron chi connectivity index (χ2n) is 7.86. The van der Waals surface area contributed by atoms with Gasteiger partial charge in [-0.2, -0.15) is 18.2 Å². The van der Waals surface area contributed by atoms with E-state index in [0.717, 1.165) is 23.2 Å². The van der Waals surface area contributed by atoms with Crippen molar-refractivity contribution >= 4 is 11.2 Å².